The summed E-state index contributed by atoms with van der Waals surface area (Å²) in [4.78, 5) is 0. The van der Waals surface area contributed by atoms with E-state index in [1.54, 1.807) is 0 Å². The van der Waals surface area contributed by atoms with Crippen LogP contribution in [0.2, 0.25) is 6.04 Å². The second kappa shape index (κ2) is 3.85. The van der Waals surface area contributed by atoms with Gasteiger partial charge in [0.25, 0.3) is 0 Å². The molecular formula is C5H10Br2Si. The normalized spacial score (nSPS) is 11.4. The fourth-order valence-corrected chi connectivity index (χ4v) is 3.69. The lowest BCUT2D eigenvalue weighted by Crippen LogP contribution is -2.11. The molecule has 0 unspecified atom stereocenters. The summed E-state index contributed by atoms with van der Waals surface area (Å²) in [5.74, 6) is 0. The van der Waals surface area contributed by atoms with Crippen LogP contribution in [0.15, 0.2) is 12.3 Å². The molecule has 0 amide bonds. The first-order valence-corrected chi connectivity index (χ1v) is 9.43. The predicted molar refractivity (Wildman–Crippen MR) is 48.9 cm³/mol. The van der Waals surface area contributed by atoms with Gasteiger partial charge in [0, 0.05) is 0 Å². The Balaban J connectivity index is 3.53. The van der Waals surface area contributed by atoms with Crippen molar-refractivity contribution in [2.75, 3.05) is 0 Å². The van der Waals surface area contributed by atoms with Gasteiger partial charge in [0.05, 0.1) is 0 Å². The standard InChI is InChI=1S/C5H10Br2Si/c1-3-5-8(6,7)4-2/h4H,2-3,5H2,1H3. The van der Waals surface area contributed by atoms with Crippen LogP contribution < -0.4 is 0 Å². The first-order chi connectivity index (χ1) is 3.62. The van der Waals surface area contributed by atoms with Gasteiger partial charge in [0.1, 0.15) is 0 Å². The molecule has 0 radical (unpaired) electrons. The molecule has 0 aromatic rings. The van der Waals surface area contributed by atoms with Crippen molar-refractivity contribution in [2.24, 2.45) is 0 Å². The highest BCUT2D eigenvalue weighted by Gasteiger charge is 2.19. The summed E-state index contributed by atoms with van der Waals surface area (Å²) in [5.41, 5.74) is 2.00. The molecule has 48 valence electrons. The fourth-order valence-electron chi connectivity index (χ4n) is 0.435. The molecule has 0 fully saturated rings. The second-order valence-electron chi connectivity index (χ2n) is 1.72. The van der Waals surface area contributed by atoms with Gasteiger partial charge in [0.15, 0.2) is 0 Å². The van der Waals surface area contributed by atoms with Crippen molar-refractivity contribution in [2.45, 2.75) is 19.4 Å². The minimum atomic E-state index is -1.29. The minimum absolute atomic E-state index is 1.22. The van der Waals surface area contributed by atoms with E-state index in [4.69, 9.17) is 0 Å². The maximum Gasteiger partial charge on any atom is 0.222 e. The maximum absolute atomic E-state index is 3.72. The molecule has 0 aliphatic heterocycles. The summed E-state index contributed by atoms with van der Waals surface area (Å²) < 4.78 is 0. The van der Waals surface area contributed by atoms with E-state index in [0.29, 0.717) is 0 Å². The zero-order chi connectivity index (χ0) is 6.62. The largest absolute Gasteiger partial charge is 0.222 e. The molecule has 0 N–H and O–H groups in total. The van der Waals surface area contributed by atoms with Crippen molar-refractivity contribution in [3.63, 3.8) is 0 Å². The van der Waals surface area contributed by atoms with Crippen molar-refractivity contribution in [1.82, 2.24) is 0 Å². The Morgan fingerprint density at radius 3 is 2.25 bits per heavy atom. The summed E-state index contributed by atoms with van der Waals surface area (Å²) in [5, 5.41) is -1.29. The van der Waals surface area contributed by atoms with Gasteiger partial charge in [-0.05, 0) is 6.04 Å². The molecule has 0 saturated heterocycles. The molecule has 3 heteroatoms. The van der Waals surface area contributed by atoms with Crippen LogP contribution in [0.1, 0.15) is 13.3 Å². The molecule has 0 saturated carbocycles. The van der Waals surface area contributed by atoms with E-state index in [-0.39, 0.29) is 0 Å². The third kappa shape index (κ3) is 3.86. The minimum Gasteiger partial charge on any atom is -0.106 e. The molecule has 0 aliphatic carbocycles. The monoisotopic (exact) mass is 256 g/mol. The molecule has 0 aromatic heterocycles. The Morgan fingerprint density at radius 2 is 2.12 bits per heavy atom. The van der Waals surface area contributed by atoms with Crippen molar-refractivity contribution in [1.29, 1.82) is 0 Å². The average molecular weight is 258 g/mol. The average Bonchev–Trinajstić information content (AvgIpc) is 1.67. The van der Waals surface area contributed by atoms with E-state index in [2.05, 4.69) is 44.1 Å². The quantitative estimate of drug-likeness (QED) is 0.538. The fraction of sp³-hybridized carbons (Fsp3) is 0.600. The zero-order valence-corrected chi connectivity index (χ0v) is 9.13. The first-order valence-electron chi connectivity index (χ1n) is 2.64. The van der Waals surface area contributed by atoms with Crippen molar-refractivity contribution in [3.05, 3.63) is 12.3 Å². The lowest BCUT2D eigenvalue weighted by molar-refractivity contribution is 1.07. The van der Waals surface area contributed by atoms with Crippen molar-refractivity contribution < 1.29 is 0 Å². The smallest absolute Gasteiger partial charge is 0.106 e. The molecule has 0 aliphatic rings. The van der Waals surface area contributed by atoms with Crippen LogP contribution in [0.5, 0.6) is 0 Å². The van der Waals surface area contributed by atoms with Gasteiger partial charge in [0.2, 0.25) is 5.31 Å². The predicted octanol–water partition coefficient (Wildman–Crippen LogP) is 3.35. The molecule has 0 bridgehead atoms. The van der Waals surface area contributed by atoms with E-state index < -0.39 is 5.31 Å². The zero-order valence-electron chi connectivity index (χ0n) is 4.95. The van der Waals surface area contributed by atoms with E-state index >= 15 is 0 Å². The van der Waals surface area contributed by atoms with E-state index in [0.717, 1.165) is 0 Å². The summed E-state index contributed by atoms with van der Waals surface area (Å²) >= 11 is 7.16. The SMILES string of the molecule is C=C[Si](Br)(Br)CCC. The highest BCUT2D eigenvalue weighted by atomic mass is 79.9. The molecule has 0 heterocycles. The number of hydrogen-bond acceptors (Lipinski definition) is 0. The summed E-state index contributed by atoms with van der Waals surface area (Å²) in [6, 6.07) is 1.22. The molecule has 0 nitrogen and oxygen atoms in total. The topological polar surface area (TPSA) is 0 Å². The van der Waals surface area contributed by atoms with E-state index in [1.165, 1.54) is 12.5 Å². The lowest BCUT2D eigenvalue weighted by atomic mass is 10.6. The first kappa shape index (κ1) is 8.92. The Hall–Kier alpha value is 0.917. The van der Waals surface area contributed by atoms with Gasteiger partial charge < -0.3 is 0 Å². The van der Waals surface area contributed by atoms with Gasteiger partial charge in [-0.25, -0.2) is 0 Å². The van der Waals surface area contributed by atoms with Gasteiger partial charge in [-0.1, -0.05) is 19.0 Å². The van der Waals surface area contributed by atoms with E-state index in [9.17, 15) is 0 Å². The van der Waals surface area contributed by atoms with Gasteiger partial charge in [-0.15, -0.1) is 37.2 Å². The Bertz CT molecular complexity index is 80.5. The van der Waals surface area contributed by atoms with Gasteiger partial charge >= 0.3 is 0 Å². The molecule has 0 rings (SSSR count). The Kier molecular flexibility index (Phi) is 4.29. The number of rotatable bonds is 3. The van der Waals surface area contributed by atoms with Crippen molar-refractivity contribution in [3.8, 4) is 0 Å². The van der Waals surface area contributed by atoms with Crippen LogP contribution in [0.3, 0.4) is 0 Å². The third-order valence-corrected chi connectivity index (χ3v) is 6.97. The summed E-state index contributed by atoms with van der Waals surface area (Å²) in [7, 11) is 0. The van der Waals surface area contributed by atoms with Crippen LogP contribution in [-0.4, -0.2) is 5.31 Å². The van der Waals surface area contributed by atoms with Crippen LogP contribution in [-0.2, 0) is 0 Å². The highest BCUT2D eigenvalue weighted by Crippen LogP contribution is 2.27. The summed E-state index contributed by atoms with van der Waals surface area (Å²) in [6.07, 6.45) is 1.22. The summed E-state index contributed by atoms with van der Waals surface area (Å²) in [6.45, 7) is 5.89. The Labute approximate surface area is 67.5 Å². The molecule has 0 atom stereocenters. The van der Waals surface area contributed by atoms with E-state index in [1.807, 2.05) is 5.70 Å². The van der Waals surface area contributed by atoms with Crippen LogP contribution in [0.4, 0.5) is 0 Å². The van der Waals surface area contributed by atoms with Gasteiger partial charge in [-0.3, -0.25) is 0 Å². The third-order valence-electron chi connectivity index (χ3n) is 0.882. The molecule has 0 spiro atoms. The number of halogens is 2. The van der Waals surface area contributed by atoms with Crippen LogP contribution in [0, 0.1) is 0 Å². The number of hydrogen-bond donors (Lipinski definition) is 0. The van der Waals surface area contributed by atoms with Crippen LogP contribution >= 0.6 is 30.6 Å². The highest BCUT2D eigenvalue weighted by molar-refractivity contribution is 9.51. The Morgan fingerprint density at radius 1 is 1.62 bits per heavy atom. The second-order valence-corrected chi connectivity index (χ2v) is 15.8. The molecule has 0 aromatic carbocycles. The lowest BCUT2D eigenvalue weighted by Gasteiger charge is -2.08. The van der Waals surface area contributed by atoms with Crippen LogP contribution in [0.25, 0.3) is 0 Å². The van der Waals surface area contributed by atoms with Gasteiger partial charge in [-0.2, -0.15) is 0 Å². The van der Waals surface area contributed by atoms with Crippen molar-refractivity contribution >= 4 is 35.9 Å². The molecule has 8 heavy (non-hydrogen) atoms. The molecular weight excluding hydrogens is 248 g/mol. The maximum atomic E-state index is 3.72.